The van der Waals surface area contributed by atoms with E-state index in [0.717, 1.165) is 5.39 Å². The fourth-order valence-corrected chi connectivity index (χ4v) is 2.62. The minimum absolute atomic E-state index is 0.0986. The monoisotopic (exact) mass is 312 g/mol. The van der Waals surface area contributed by atoms with Crippen molar-refractivity contribution in [2.75, 3.05) is 12.1 Å². The van der Waals surface area contributed by atoms with Gasteiger partial charge in [-0.15, -0.1) is 0 Å². The molecule has 23 heavy (non-hydrogen) atoms. The zero-order chi connectivity index (χ0) is 15.8. The Morgan fingerprint density at radius 3 is 2.91 bits per heavy atom. The highest BCUT2D eigenvalue weighted by molar-refractivity contribution is 5.92. The van der Waals surface area contributed by atoms with Crippen molar-refractivity contribution in [1.29, 1.82) is 0 Å². The van der Waals surface area contributed by atoms with Crippen molar-refractivity contribution in [3.63, 3.8) is 0 Å². The summed E-state index contributed by atoms with van der Waals surface area (Å²) in [5.41, 5.74) is 1.31. The maximum Gasteiger partial charge on any atom is 0.244 e. The number of rotatable bonds is 3. The molecular weight excluding hydrogens is 299 g/mol. The smallest absolute Gasteiger partial charge is 0.244 e. The highest BCUT2D eigenvalue weighted by Crippen LogP contribution is 2.34. The molecule has 2 heterocycles. The van der Waals surface area contributed by atoms with Crippen LogP contribution in [0, 0.1) is 5.82 Å². The topological polar surface area (TPSA) is 52.5 Å². The van der Waals surface area contributed by atoms with Crippen LogP contribution in [-0.2, 0) is 11.3 Å². The van der Waals surface area contributed by atoms with Crippen molar-refractivity contribution in [2.45, 2.75) is 6.54 Å². The number of amides is 1. The number of halogens is 1. The molecule has 2 aromatic carbocycles. The third-order valence-electron chi connectivity index (χ3n) is 3.71. The van der Waals surface area contributed by atoms with Gasteiger partial charge in [0.2, 0.25) is 12.7 Å². The number of carbonyl (C=O) groups excluding carboxylic acids is 1. The van der Waals surface area contributed by atoms with E-state index in [2.05, 4.69) is 5.32 Å². The molecule has 6 heteroatoms. The minimum Gasteiger partial charge on any atom is -0.454 e. The van der Waals surface area contributed by atoms with Crippen LogP contribution in [0.1, 0.15) is 0 Å². The third-order valence-corrected chi connectivity index (χ3v) is 3.71. The molecule has 3 aromatic rings. The molecule has 0 saturated carbocycles. The van der Waals surface area contributed by atoms with E-state index in [4.69, 9.17) is 9.47 Å². The molecule has 4 rings (SSSR count). The van der Waals surface area contributed by atoms with Crippen LogP contribution in [0.25, 0.3) is 10.9 Å². The first kappa shape index (κ1) is 13.6. The van der Waals surface area contributed by atoms with Crippen molar-refractivity contribution in [1.82, 2.24) is 4.57 Å². The Bertz CT molecular complexity index is 904. The molecule has 0 fully saturated rings. The summed E-state index contributed by atoms with van der Waals surface area (Å²) < 4.78 is 25.6. The maximum atomic E-state index is 13.4. The zero-order valence-corrected chi connectivity index (χ0v) is 12.1. The molecule has 1 amide bonds. The molecule has 116 valence electrons. The number of benzene rings is 2. The van der Waals surface area contributed by atoms with Gasteiger partial charge in [0.15, 0.2) is 11.5 Å². The van der Waals surface area contributed by atoms with E-state index in [-0.39, 0.29) is 25.1 Å². The fourth-order valence-electron chi connectivity index (χ4n) is 2.62. The molecule has 0 saturated heterocycles. The molecular formula is C17H13FN2O3. The summed E-state index contributed by atoms with van der Waals surface area (Å²) in [6, 6.07) is 11.6. The van der Waals surface area contributed by atoms with E-state index >= 15 is 0 Å². The van der Waals surface area contributed by atoms with Crippen molar-refractivity contribution in [3.05, 3.63) is 54.5 Å². The Morgan fingerprint density at radius 1 is 1.13 bits per heavy atom. The number of nitrogens with zero attached hydrogens (tertiary/aromatic N) is 1. The highest BCUT2D eigenvalue weighted by Gasteiger charge is 2.14. The number of aromatic nitrogens is 1. The molecule has 0 spiro atoms. The van der Waals surface area contributed by atoms with Gasteiger partial charge in [-0.05, 0) is 41.8 Å². The SMILES string of the molecule is O=C(Cn1ccc2ccc(F)cc21)Nc1ccc2c(c1)OCO2. The lowest BCUT2D eigenvalue weighted by atomic mass is 10.2. The fraction of sp³-hybridized carbons (Fsp3) is 0.118. The van der Waals surface area contributed by atoms with Crippen LogP contribution >= 0.6 is 0 Å². The first-order valence-corrected chi connectivity index (χ1v) is 7.13. The van der Waals surface area contributed by atoms with Gasteiger partial charge >= 0.3 is 0 Å². The molecule has 1 aromatic heterocycles. The van der Waals surface area contributed by atoms with Crippen molar-refractivity contribution >= 4 is 22.5 Å². The molecule has 0 radical (unpaired) electrons. The summed E-state index contributed by atoms with van der Waals surface area (Å²) in [6.45, 7) is 0.287. The lowest BCUT2D eigenvalue weighted by molar-refractivity contribution is -0.116. The van der Waals surface area contributed by atoms with Crippen LogP contribution in [0.3, 0.4) is 0 Å². The van der Waals surface area contributed by atoms with Crippen LogP contribution in [0.2, 0.25) is 0 Å². The second-order valence-corrected chi connectivity index (χ2v) is 5.26. The molecule has 1 N–H and O–H groups in total. The van der Waals surface area contributed by atoms with E-state index in [1.807, 2.05) is 6.07 Å². The van der Waals surface area contributed by atoms with Gasteiger partial charge in [-0.3, -0.25) is 4.79 Å². The number of ether oxygens (including phenoxy) is 2. The molecule has 0 unspecified atom stereocenters. The van der Waals surface area contributed by atoms with Gasteiger partial charge in [-0.2, -0.15) is 0 Å². The van der Waals surface area contributed by atoms with Gasteiger partial charge in [0.1, 0.15) is 12.4 Å². The summed E-state index contributed by atoms with van der Waals surface area (Å²) >= 11 is 0. The van der Waals surface area contributed by atoms with E-state index in [0.29, 0.717) is 22.7 Å². The summed E-state index contributed by atoms with van der Waals surface area (Å²) in [5.74, 6) is 0.741. The lowest BCUT2D eigenvalue weighted by Crippen LogP contribution is -2.18. The first-order valence-electron chi connectivity index (χ1n) is 7.13. The molecule has 0 bridgehead atoms. The summed E-state index contributed by atoms with van der Waals surface area (Å²) in [6.07, 6.45) is 1.77. The normalized spacial score (nSPS) is 12.6. The number of nitrogens with one attached hydrogen (secondary N) is 1. The Morgan fingerprint density at radius 2 is 2.00 bits per heavy atom. The third kappa shape index (κ3) is 2.59. The van der Waals surface area contributed by atoms with Gasteiger partial charge in [-0.25, -0.2) is 4.39 Å². The predicted octanol–water partition coefficient (Wildman–Crippen LogP) is 3.15. The first-order chi connectivity index (χ1) is 11.2. The predicted molar refractivity (Wildman–Crippen MR) is 83.1 cm³/mol. The Balaban J connectivity index is 1.52. The van der Waals surface area contributed by atoms with E-state index in [1.165, 1.54) is 12.1 Å². The number of carbonyl (C=O) groups is 1. The van der Waals surface area contributed by atoms with Crippen LogP contribution in [0.15, 0.2) is 48.7 Å². The summed E-state index contributed by atoms with van der Waals surface area (Å²) in [5, 5.41) is 3.69. The number of hydrogen-bond donors (Lipinski definition) is 1. The van der Waals surface area contributed by atoms with Gasteiger partial charge in [0.25, 0.3) is 0 Å². The molecule has 0 aliphatic carbocycles. The molecule has 1 aliphatic rings. The van der Waals surface area contributed by atoms with Crippen LogP contribution in [0.4, 0.5) is 10.1 Å². The van der Waals surface area contributed by atoms with Crippen molar-refractivity contribution < 1.29 is 18.7 Å². The van der Waals surface area contributed by atoms with Crippen LogP contribution in [0.5, 0.6) is 11.5 Å². The molecule has 0 atom stereocenters. The van der Waals surface area contributed by atoms with Crippen molar-refractivity contribution in [3.8, 4) is 11.5 Å². The Hall–Kier alpha value is -3.02. The maximum absolute atomic E-state index is 13.4. The highest BCUT2D eigenvalue weighted by atomic mass is 19.1. The quantitative estimate of drug-likeness (QED) is 0.808. The van der Waals surface area contributed by atoms with E-state index < -0.39 is 0 Å². The number of hydrogen-bond acceptors (Lipinski definition) is 3. The number of anilines is 1. The summed E-state index contributed by atoms with van der Waals surface area (Å²) in [4.78, 5) is 12.2. The summed E-state index contributed by atoms with van der Waals surface area (Å²) in [7, 11) is 0. The lowest BCUT2D eigenvalue weighted by Gasteiger charge is -2.08. The van der Waals surface area contributed by atoms with Gasteiger partial charge < -0.3 is 19.4 Å². The van der Waals surface area contributed by atoms with Gasteiger partial charge in [0.05, 0.1) is 5.52 Å². The van der Waals surface area contributed by atoms with Crippen LogP contribution < -0.4 is 14.8 Å². The molecule has 1 aliphatic heterocycles. The van der Waals surface area contributed by atoms with E-state index in [1.54, 1.807) is 35.0 Å². The minimum atomic E-state index is -0.325. The second-order valence-electron chi connectivity index (χ2n) is 5.26. The standard InChI is InChI=1S/C17H13FN2O3/c18-12-2-1-11-5-6-20(14(11)7-12)9-17(21)19-13-3-4-15-16(8-13)23-10-22-15/h1-8H,9-10H2,(H,19,21). The van der Waals surface area contributed by atoms with Crippen molar-refractivity contribution in [2.24, 2.45) is 0 Å². The second kappa shape index (κ2) is 5.31. The largest absolute Gasteiger partial charge is 0.454 e. The zero-order valence-electron chi connectivity index (χ0n) is 12.1. The van der Waals surface area contributed by atoms with Gasteiger partial charge in [0, 0.05) is 18.0 Å². The average molecular weight is 312 g/mol. The Kier molecular flexibility index (Phi) is 3.15. The average Bonchev–Trinajstić information content (AvgIpc) is 3.14. The molecule has 5 nitrogen and oxygen atoms in total. The van der Waals surface area contributed by atoms with E-state index in [9.17, 15) is 9.18 Å². The van der Waals surface area contributed by atoms with Crippen LogP contribution in [-0.4, -0.2) is 17.3 Å². The Labute approximate surface area is 131 Å². The van der Waals surface area contributed by atoms with Gasteiger partial charge in [-0.1, -0.05) is 0 Å². The number of fused-ring (bicyclic) bond motifs is 2.